The summed E-state index contributed by atoms with van der Waals surface area (Å²) in [5, 5.41) is 0. The van der Waals surface area contributed by atoms with E-state index < -0.39 is 17.9 Å². The van der Waals surface area contributed by atoms with Crippen LogP contribution in [-0.2, 0) is 27.3 Å². The Morgan fingerprint density at radius 2 is 2.09 bits per heavy atom. The number of hydrogen-bond donors (Lipinski definition) is 0. The monoisotopic (exact) mass is 320 g/mol. The molecule has 0 aliphatic heterocycles. The lowest BCUT2D eigenvalue weighted by molar-refractivity contribution is -0.149. The molecule has 122 valence electrons. The molecule has 0 amide bonds. The predicted octanol–water partition coefficient (Wildman–Crippen LogP) is 3.13. The molecule has 0 bridgehead atoms. The first-order valence-electron chi connectivity index (χ1n) is 7.07. The van der Waals surface area contributed by atoms with E-state index in [1.165, 1.54) is 31.6 Å². The summed E-state index contributed by atoms with van der Waals surface area (Å²) in [6.07, 6.45) is 1.69. The number of ether oxygens (including phenoxy) is 2. The molecule has 0 N–H and O–H groups in total. The highest BCUT2D eigenvalue weighted by molar-refractivity contribution is 5.87. The minimum Gasteiger partial charge on any atom is -0.463 e. The van der Waals surface area contributed by atoms with Gasteiger partial charge < -0.3 is 13.9 Å². The van der Waals surface area contributed by atoms with E-state index >= 15 is 0 Å². The molecule has 1 unspecified atom stereocenters. The Kier molecular flexibility index (Phi) is 5.51. The van der Waals surface area contributed by atoms with Gasteiger partial charge in [-0.25, -0.2) is 9.18 Å². The Morgan fingerprint density at radius 3 is 2.78 bits per heavy atom. The van der Waals surface area contributed by atoms with Gasteiger partial charge in [0.1, 0.15) is 12.4 Å². The molecule has 1 heterocycles. The molecule has 2 rings (SSSR count). The van der Waals surface area contributed by atoms with E-state index in [4.69, 9.17) is 9.15 Å². The van der Waals surface area contributed by atoms with Crippen LogP contribution in [0.1, 0.15) is 28.6 Å². The molecule has 1 atom stereocenters. The number of hydrogen-bond acceptors (Lipinski definition) is 5. The number of halogens is 1. The van der Waals surface area contributed by atoms with Gasteiger partial charge in [-0.2, -0.15) is 0 Å². The second-order valence-corrected chi connectivity index (χ2v) is 5.11. The van der Waals surface area contributed by atoms with Gasteiger partial charge in [0, 0.05) is 5.56 Å². The predicted molar refractivity (Wildman–Crippen MR) is 79.1 cm³/mol. The molecule has 0 aliphatic carbocycles. The average molecular weight is 320 g/mol. The normalized spacial score (nSPS) is 11.8. The summed E-state index contributed by atoms with van der Waals surface area (Å²) >= 11 is 0. The molecule has 1 aromatic carbocycles. The van der Waals surface area contributed by atoms with E-state index in [2.05, 4.69) is 4.74 Å². The Morgan fingerprint density at radius 1 is 1.30 bits per heavy atom. The van der Waals surface area contributed by atoms with Crippen LogP contribution in [0, 0.1) is 11.7 Å². The SMILES string of the molecule is COC(=O)c1occc1COC(=O)C(C)Cc1cccc(F)c1. The zero-order valence-corrected chi connectivity index (χ0v) is 12.9. The van der Waals surface area contributed by atoms with Crippen LogP contribution in [0.4, 0.5) is 4.39 Å². The first-order valence-corrected chi connectivity index (χ1v) is 7.07. The van der Waals surface area contributed by atoms with E-state index in [1.54, 1.807) is 19.1 Å². The van der Waals surface area contributed by atoms with Crippen molar-refractivity contribution in [3.8, 4) is 0 Å². The van der Waals surface area contributed by atoms with E-state index in [9.17, 15) is 14.0 Å². The Bertz CT molecular complexity index is 692. The summed E-state index contributed by atoms with van der Waals surface area (Å²) in [6.45, 7) is 1.61. The zero-order valence-electron chi connectivity index (χ0n) is 12.9. The summed E-state index contributed by atoms with van der Waals surface area (Å²) in [7, 11) is 1.24. The Hall–Kier alpha value is -2.63. The molecule has 1 aromatic heterocycles. The van der Waals surface area contributed by atoms with Gasteiger partial charge in [-0.3, -0.25) is 4.79 Å². The molecule has 0 saturated heterocycles. The molecule has 0 fully saturated rings. The lowest BCUT2D eigenvalue weighted by Gasteiger charge is -2.11. The molecule has 0 saturated carbocycles. The van der Waals surface area contributed by atoms with Crippen LogP contribution in [0.3, 0.4) is 0 Å². The van der Waals surface area contributed by atoms with Crippen molar-refractivity contribution in [2.45, 2.75) is 20.0 Å². The first kappa shape index (κ1) is 16.7. The maximum absolute atomic E-state index is 13.1. The van der Waals surface area contributed by atoms with Crippen molar-refractivity contribution in [1.82, 2.24) is 0 Å². The summed E-state index contributed by atoms with van der Waals surface area (Å²) in [5.41, 5.74) is 1.15. The van der Waals surface area contributed by atoms with Crippen LogP contribution >= 0.6 is 0 Å². The van der Waals surface area contributed by atoms with Crippen LogP contribution in [0.2, 0.25) is 0 Å². The van der Waals surface area contributed by atoms with Crippen LogP contribution < -0.4 is 0 Å². The van der Waals surface area contributed by atoms with Gasteiger partial charge in [-0.15, -0.1) is 0 Å². The van der Waals surface area contributed by atoms with Gasteiger partial charge in [0.25, 0.3) is 0 Å². The number of carbonyl (C=O) groups is 2. The van der Waals surface area contributed by atoms with Crippen molar-refractivity contribution in [2.75, 3.05) is 7.11 Å². The van der Waals surface area contributed by atoms with Crippen molar-refractivity contribution in [3.05, 3.63) is 59.3 Å². The maximum atomic E-state index is 13.1. The third-order valence-electron chi connectivity index (χ3n) is 3.32. The van der Waals surface area contributed by atoms with E-state index in [0.717, 1.165) is 0 Å². The molecule has 0 aliphatic rings. The number of benzene rings is 1. The van der Waals surface area contributed by atoms with Gasteiger partial charge >= 0.3 is 11.9 Å². The number of esters is 2. The fraction of sp³-hybridized carbons (Fsp3) is 0.294. The molecule has 0 radical (unpaired) electrons. The molecule has 23 heavy (non-hydrogen) atoms. The maximum Gasteiger partial charge on any atom is 0.374 e. The lowest BCUT2D eigenvalue weighted by atomic mass is 10.0. The molecular weight excluding hydrogens is 303 g/mol. The van der Waals surface area contributed by atoms with E-state index in [1.807, 2.05) is 0 Å². The van der Waals surface area contributed by atoms with E-state index in [0.29, 0.717) is 17.5 Å². The van der Waals surface area contributed by atoms with Gasteiger partial charge in [-0.05, 0) is 30.2 Å². The molecular formula is C17H17FO5. The summed E-state index contributed by atoms with van der Waals surface area (Å²) in [5.74, 6) is -1.84. The highest BCUT2D eigenvalue weighted by Crippen LogP contribution is 2.16. The van der Waals surface area contributed by atoms with Crippen LogP contribution in [-0.4, -0.2) is 19.0 Å². The molecule has 5 nitrogen and oxygen atoms in total. The largest absolute Gasteiger partial charge is 0.463 e. The van der Waals surface area contributed by atoms with Gasteiger partial charge in [0.05, 0.1) is 19.3 Å². The van der Waals surface area contributed by atoms with Crippen LogP contribution in [0.15, 0.2) is 41.0 Å². The van der Waals surface area contributed by atoms with Crippen molar-refractivity contribution in [1.29, 1.82) is 0 Å². The summed E-state index contributed by atoms with van der Waals surface area (Å²) in [6, 6.07) is 7.61. The molecule has 0 spiro atoms. The second-order valence-electron chi connectivity index (χ2n) is 5.11. The minimum absolute atomic E-state index is 0.0121. The Balaban J connectivity index is 1.92. The van der Waals surface area contributed by atoms with Crippen LogP contribution in [0.25, 0.3) is 0 Å². The van der Waals surface area contributed by atoms with Crippen molar-refractivity contribution < 1.29 is 27.9 Å². The van der Waals surface area contributed by atoms with Crippen molar-refractivity contribution >= 4 is 11.9 Å². The van der Waals surface area contributed by atoms with Crippen LogP contribution in [0.5, 0.6) is 0 Å². The number of furan rings is 1. The van der Waals surface area contributed by atoms with Crippen molar-refractivity contribution in [3.63, 3.8) is 0 Å². The molecule has 2 aromatic rings. The zero-order chi connectivity index (χ0) is 16.8. The average Bonchev–Trinajstić information content (AvgIpc) is 3.00. The number of carbonyl (C=O) groups excluding carboxylic acids is 2. The smallest absolute Gasteiger partial charge is 0.374 e. The quantitative estimate of drug-likeness (QED) is 0.765. The fourth-order valence-corrected chi connectivity index (χ4v) is 2.11. The lowest BCUT2D eigenvalue weighted by Crippen LogP contribution is -2.17. The topological polar surface area (TPSA) is 65.7 Å². The highest BCUT2D eigenvalue weighted by Gasteiger charge is 2.20. The third kappa shape index (κ3) is 4.42. The summed E-state index contributed by atoms with van der Waals surface area (Å²) in [4.78, 5) is 23.5. The van der Waals surface area contributed by atoms with Crippen molar-refractivity contribution in [2.24, 2.45) is 5.92 Å². The second kappa shape index (κ2) is 7.58. The fourth-order valence-electron chi connectivity index (χ4n) is 2.11. The minimum atomic E-state index is -0.631. The van der Waals surface area contributed by atoms with Gasteiger partial charge in [0.2, 0.25) is 5.76 Å². The molecule has 6 heteroatoms. The summed E-state index contributed by atoms with van der Waals surface area (Å²) < 4.78 is 27.9. The Labute approximate surface area is 133 Å². The first-order chi connectivity index (χ1) is 11.0. The van der Waals surface area contributed by atoms with Gasteiger partial charge in [-0.1, -0.05) is 19.1 Å². The number of methoxy groups -OCH3 is 1. The number of rotatable bonds is 6. The highest BCUT2D eigenvalue weighted by atomic mass is 19.1. The third-order valence-corrected chi connectivity index (χ3v) is 3.32. The van der Waals surface area contributed by atoms with Gasteiger partial charge in [0.15, 0.2) is 0 Å². The van der Waals surface area contributed by atoms with E-state index in [-0.39, 0.29) is 18.2 Å². The standard InChI is InChI=1S/C17H17FO5/c1-11(8-12-4-3-5-14(18)9-12)16(19)23-10-13-6-7-22-15(13)17(20)21-2/h3-7,9,11H,8,10H2,1-2H3.